The summed E-state index contributed by atoms with van der Waals surface area (Å²) in [5.41, 5.74) is 1.54. The molecule has 0 aliphatic heterocycles. The van der Waals surface area contributed by atoms with Crippen LogP contribution in [0.1, 0.15) is 60.4 Å². The lowest BCUT2D eigenvalue weighted by Crippen LogP contribution is -2.18. The van der Waals surface area contributed by atoms with Crippen molar-refractivity contribution in [1.29, 1.82) is 0 Å². The molecule has 0 radical (unpaired) electrons. The Balaban J connectivity index is 0. The summed E-state index contributed by atoms with van der Waals surface area (Å²) >= 11 is 17.0. The molecule has 0 aliphatic carbocycles. The molecule has 0 unspecified atom stereocenters. The topological polar surface area (TPSA) is 92.7 Å². The van der Waals surface area contributed by atoms with Crippen LogP contribution in [-0.4, -0.2) is 35.8 Å². The van der Waals surface area contributed by atoms with E-state index in [9.17, 15) is 19.5 Å². The molecule has 190 valence electrons. The maximum atomic E-state index is 12.6. The first-order chi connectivity index (χ1) is 16.1. The van der Waals surface area contributed by atoms with E-state index in [1.54, 1.807) is 12.1 Å². The molecule has 2 aromatic rings. The van der Waals surface area contributed by atoms with Gasteiger partial charge in [0.25, 0.3) is 12.4 Å². The van der Waals surface area contributed by atoms with Gasteiger partial charge in [0.1, 0.15) is 0 Å². The van der Waals surface area contributed by atoms with E-state index in [0.29, 0.717) is 32.2 Å². The lowest BCUT2D eigenvalue weighted by Gasteiger charge is -2.15. The fourth-order valence-electron chi connectivity index (χ4n) is 2.07. The Hall–Kier alpha value is -0.880. The first-order valence-corrected chi connectivity index (χ1v) is 14.1. The third kappa shape index (κ3) is 11.7. The first kappa shape index (κ1) is 35.3. The Kier molecular flexibility index (Phi) is 21.1. The molecule has 2 N–H and O–H groups in total. The number of carbonyl (C=O) groups is 3. The van der Waals surface area contributed by atoms with Gasteiger partial charge in [-0.1, -0.05) is 45.4 Å². The molecular formula is C23H29Br4NO5S. The van der Waals surface area contributed by atoms with Crippen LogP contribution in [0.4, 0.5) is 5.69 Å². The highest BCUT2D eigenvalue weighted by Crippen LogP contribution is 2.42. The van der Waals surface area contributed by atoms with Gasteiger partial charge in [0.15, 0.2) is 0 Å². The average molecular weight is 751 g/mol. The fraction of sp³-hybridized carbons (Fsp3) is 0.348. The summed E-state index contributed by atoms with van der Waals surface area (Å²) in [6.07, 6.45) is 0.835. The summed E-state index contributed by atoms with van der Waals surface area (Å²) in [6.45, 7) is 10.9. The largest absolute Gasteiger partial charge is 0.478 e. The number of amides is 1. The number of benzene rings is 2. The van der Waals surface area contributed by atoms with Gasteiger partial charge < -0.3 is 15.2 Å². The zero-order valence-corrected chi connectivity index (χ0v) is 26.8. The summed E-state index contributed by atoms with van der Waals surface area (Å²) in [7, 11) is 0. The van der Waals surface area contributed by atoms with E-state index in [2.05, 4.69) is 86.4 Å². The van der Waals surface area contributed by atoms with Gasteiger partial charge >= 0.3 is 5.97 Å². The molecule has 11 heteroatoms. The molecule has 0 saturated carbocycles. The van der Waals surface area contributed by atoms with E-state index in [4.69, 9.17) is 0 Å². The number of nitrogens with one attached hydrogen (secondary N) is 1. The minimum atomic E-state index is -1.21. The predicted octanol–water partition coefficient (Wildman–Crippen LogP) is 8.53. The number of thiol groups is 1. The smallest absolute Gasteiger partial charge is 0.337 e. The highest BCUT2D eigenvalue weighted by Gasteiger charge is 2.27. The van der Waals surface area contributed by atoms with Crippen molar-refractivity contribution in [2.24, 2.45) is 0 Å². The van der Waals surface area contributed by atoms with Gasteiger partial charge in [0.05, 0.1) is 17.7 Å². The number of carboxylic acid groups (broad SMARTS) is 1. The highest BCUT2D eigenvalue weighted by atomic mass is 79.9. The number of carbonyl (C=O) groups excluding carboxylic acids is 2. The van der Waals surface area contributed by atoms with Crippen LogP contribution in [0.5, 0.6) is 0 Å². The minimum absolute atomic E-state index is 0.0278. The zero-order valence-electron chi connectivity index (χ0n) is 19.5. The molecule has 6 nitrogen and oxygen atoms in total. The van der Waals surface area contributed by atoms with Crippen LogP contribution in [-0.2, 0) is 9.53 Å². The first-order valence-electron chi connectivity index (χ1n) is 10.3. The fourth-order valence-corrected chi connectivity index (χ4v) is 4.67. The SMILES string of the molecule is CC.CC.Cc1ccc(NC(=O)c2c(Br)c(Br)c(Br)c(Br)c2C(=O)O)cc1.O=COCCCS. The molecule has 0 spiro atoms. The van der Waals surface area contributed by atoms with Crippen LogP contribution < -0.4 is 5.32 Å². The predicted molar refractivity (Wildman–Crippen MR) is 157 cm³/mol. The Morgan fingerprint density at radius 2 is 1.41 bits per heavy atom. The number of hydrogen-bond acceptors (Lipinski definition) is 5. The molecule has 0 aliphatic rings. The number of aromatic carboxylic acids is 1. The molecule has 34 heavy (non-hydrogen) atoms. The van der Waals surface area contributed by atoms with Crippen molar-refractivity contribution >= 4 is 100 Å². The third-order valence-electron chi connectivity index (χ3n) is 3.51. The molecule has 2 rings (SSSR count). The molecule has 0 fully saturated rings. The third-order valence-corrected chi connectivity index (χ3v) is 8.59. The molecule has 0 saturated heterocycles. The van der Waals surface area contributed by atoms with Crippen LogP contribution in [0.2, 0.25) is 0 Å². The Morgan fingerprint density at radius 3 is 1.82 bits per heavy atom. The Morgan fingerprint density at radius 1 is 0.941 bits per heavy atom. The maximum Gasteiger partial charge on any atom is 0.337 e. The standard InChI is InChI=1S/C15H9Br4NO3.C4H8O2S.2C2H6/c1-6-2-4-7(5-3-6)20-14(21)8-9(15(22)23)11(17)13(19)12(18)10(8)16;5-4-6-2-1-3-7;2*1-2/h2-5H,1H3,(H,20,21)(H,22,23);4,7H,1-3H2;2*1-2H3. The lowest BCUT2D eigenvalue weighted by molar-refractivity contribution is -0.128. The number of halogens is 4. The van der Waals surface area contributed by atoms with Crippen molar-refractivity contribution in [2.45, 2.75) is 41.0 Å². The molecule has 0 heterocycles. The number of hydrogen-bond donors (Lipinski definition) is 3. The van der Waals surface area contributed by atoms with Gasteiger partial charge in [-0.05, 0) is 94.9 Å². The number of carboxylic acids is 1. The van der Waals surface area contributed by atoms with Gasteiger partial charge in [-0.15, -0.1) is 0 Å². The lowest BCUT2D eigenvalue weighted by atomic mass is 10.1. The highest BCUT2D eigenvalue weighted by molar-refractivity contribution is 9.15. The summed E-state index contributed by atoms with van der Waals surface area (Å²) in [6, 6.07) is 7.22. The summed E-state index contributed by atoms with van der Waals surface area (Å²) in [5, 5.41) is 12.2. The van der Waals surface area contributed by atoms with E-state index in [1.807, 2.05) is 46.8 Å². The summed E-state index contributed by atoms with van der Waals surface area (Å²) < 4.78 is 6.04. The molecule has 0 aromatic heterocycles. The van der Waals surface area contributed by atoms with Crippen molar-refractivity contribution in [2.75, 3.05) is 17.7 Å². The average Bonchev–Trinajstić information content (AvgIpc) is 2.84. The number of anilines is 1. The van der Waals surface area contributed by atoms with Crippen LogP contribution in [0.3, 0.4) is 0 Å². The maximum absolute atomic E-state index is 12.6. The molecule has 0 bridgehead atoms. The molecule has 1 amide bonds. The van der Waals surface area contributed by atoms with Crippen molar-refractivity contribution in [1.82, 2.24) is 0 Å². The van der Waals surface area contributed by atoms with Gasteiger partial charge in [0, 0.05) is 23.6 Å². The van der Waals surface area contributed by atoms with Crippen molar-refractivity contribution in [3.8, 4) is 0 Å². The van der Waals surface area contributed by atoms with Gasteiger partial charge in [-0.2, -0.15) is 12.6 Å². The van der Waals surface area contributed by atoms with E-state index in [-0.39, 0.29) is 15.6 Å². The van der Waals surface area contributed by atoms with E-state index in [1.165, 1.54) is 0 Å². The number of aryl methyl sites for hydroxylation is 1. The van der Waals surface area contributed by atoms with Crippen LogP contribution in [0, 0.1) is 6.92 Å². The Bertz CT molecular complexity index is 925. The molecular weight excluding hydrogens is 722 g/mol. The van der Waals surface area contributed by atoms with E-state index >= 15 is 0 Å². The van der Waals surface area contributed by atoms with Crippen LogP contribution in [0.25, 0.3) is 0 Å². The van der Waals surface area contributed by atoms with Crippen molar-refractivity contribution in [3.05, 3.63) is 58.8 Å². The van der Waals surface area contributed by atoms with E-state index in [0.717, 1.165) is 17.7 Å². The second-order valence-electron chi connectivity index (χ2n) is 5.68. The summed E-state index contributed by atoms with van der Waals surface area (Å²) in [4.78, 5) is 33.6. The van der Waals surface area contributed by atoms with Gasteiger partial charge in [-0.3, -0.25) is 9.59 Å². The Labute approximate surface area is 240 Å². The molecule has 0 atom stereocenters. The van der Waals surface area contributed by atoms with E-state index < -0.39 is 11.9 Å². The molecule has 2 aromatic carbocycles. The van der Waals surface area contributed by atoms with Crippen LogP contribution >= 0.6 is 76.3 Å². The zero-order chi connectivity index (χ0) is 26.8. The number of rotatable bonds is 7. The normalized spacial score (nSPS) is 9.12. The summed E-state index contributed by atoms with van der Waals surface area (Å²) in [5.74, 6) is -0.958. The number of ether oxygens (including phenoxy) is 1. The monoisotopic (exact) mass is 747 g/mol. The van der Waals surface area contributed by atoms with Gasteiger partial charge in [-0.25, -0.2) is 4.79 Å². The van der Waals surface area contributed by atoms with Crippen LogP contribution in [0.15, 0.2) is 42.2 Å². The van der Waals surface area contributed by atoms with Crippen molar-refractivity contribution in [3.63, 3.8) is 0 Å². The second-order valence-corrected chi connectivity index (χ2v) is 9.29. The van der Waals surface area contributed by atoms with Crippen molar-refractivity contribution < 1.29 is 24.2 Å². The second kappa shape index (κ2) is 20.3. The minimum Gasteiger partial charge on any atom is -0.478 e. The quantitative estimate of drug-likeness (QED) is 0.0868. The van der Waals surface area contributed by atoms with Gasteiger partial charge in [0.2, 0.25) is 0 Å².